The average molecular weight is 1050 g/mol. The zero-order valence-electron chi connectivity index (χ0n) is 34.5. The molecule has 70 heavy (non-hydrogen) atoms. The molecule has 8 aromatic rings. The summed E-state index contributed by atoms with van der Waals surface area (Å²) in [5.41, 5.74) is -2.97. The molecule has 8 rings (SSSR count). The molecule has 4 aromatic carbocycles. The zero-order valence-corrected chi connectivity index (χ0v) is 37.5. The van der Waals surface area contributed by atoms with Gasteiger partial charge in [0.15, 0.2) is 28.0 Å². The topological polar surface area (TPSA) is 202 Å². The van der Waals surface area contributed by atoms with Crippen LogP contribution in [0.2, 0.25) is 20.2 Å². The highest BCUT2D eigenvalue weighted by molar-refractivity contribution is 6.38. The van der Waals surface area contributed by atoms with Crippen molar-refractivity contribution in [3.63, 3.8) is 0 Å². The summed E-state index contributed by atoms with van der Waals surface area (Å²) in [5.74, 6) is -4.05. The number of para-hydroxylation sites is 2. The smallest absolute Gasteiger partial charge is 0.504 e. The SMILES string of the molecule is O=C(Nc1ccnc2ncn(Cc3ccccc3OC(F)(F)F)c(=O)c12)c1cc(Cl)c(Oc2ccc(NC(=O)c3cc(Cl)c(O)c(Cl)n3)c3c(=O)n(Cc4ccccc4OC(F)(F)F)cnc23)c(Cl)c1. The molecule has 0 unspecified atom stereocenters. The number of carbonyl (C=O) groups excluding carboxylic acids is 2. The van der Waals surface area contributed by atoms with E-state index < -0.39 is 76.8 Å². The third-order valence-electron chi connectivity index (χ3n) is 9.85. The Bertz CT molecular complexity index is 3500. The Balaban J connectivity index is 1.11. The molecule has 0 radical (unpaired) electrons. The predicted octanol–water partition coefficient (Wildman–Crippen LogP) is 10.4. The summed E-state index contributed by atoms with van der Waals surface area (Å²) >= 11 is 25.2. The first-order chi connectivity index (χ1) is 33.1. The molecule has 358 valence electrons. The number of nitrogens with one attached hydrogen (secondary N) is 2. The lowest BCUT2D eigenvalue weighted by molar-refractivity contribution is -0.275. The molecule has 2 amide bonds. The van der Waals surface area contributed by atoms with Crippen molar-refractivity contribution in [3.8, 4) is 28.7 Å². The molecule has 4 heterocycles. The lowest BCUT2D eigenvalue weighted by atomic mass is 10.1. The van der Waals surface area contributed by atoms with Gasteiger partial charge in [0, 0.05) is 22.9 Å². The van der Waals surface area contributed by atoms with Crippen molar-refractivity contribution in [1.82, 2.24) is 29.1 Å². The molecule has 4 aromatic heterocycles. The van der Waals surface area contributed by atoms with Crippen molar-refractivity contribution >= 4 is 91.5 Å². The van der Waals surface area contributed by atoms with Gasteiger partial charge in [-0.15, -0.1) is 26.3 Å². The second-order valence-corrected chi connectivity index (χ2v) is 16.0. The summed E-state index contributed by atoms with van der Waals surface area (Å²) in [5, 5.41) is 13.1. The van der Waals surface area contributed by atoms with Crippen LogP contribution in [0.5, 0.6) is 28.7 Å². The fourth-order valence-electron chi connectivity index (χ4n) is 6.79. The summed E-state index contributed by atoms with van der Waals surface area (Å²) in [4.78, 5) is 71.5. The Labute approximate surface area is 406 Å². The van der Waals surface area contributed by atoms with Gasteiger partial charge in [0.2, 0.25) is 0 Å². The molecule has 0 aliphatic heterocycles. The summed E-state index contributed by atoms with van der Waals surface area (Å²) in [6.07, 6.45) is -6.76. The molecule has 0 saturated carbocycles. The molecule has 0 spiro atoms. The molecule has 16 nitrogen and oxygen atoms in total. The number of anilines is 2. The number of alkyl halides is 6. The number of rotatable bonds is 12. The van der Waals surface area contributed by atoms with E-state index >= 15 is 0 Å². The van der Waals surface area contributed by atoms with Crippen LogP contribution in [-0.2, 0) is 13.1 Å². The van der Waals surface area contributed by atoms with Gasteiger partial charge in [-0.2, -0.15) is 0 Å². The van der Waals surface area contributed by atoms with E-state index in [0.29, 0.717) is 0 Å². The highest BCUT2D eigenvalue weighted by atomic mass is 35.5. The number of ether oxygens (including phenoxy) is 3. The van der Waals surface area contributed by atoms with Crippen LogP contribution in [0, 0.1) is 0 Å². The lowest BCUT2D eigenvalue weighted by Gasteiger charge is -2.17. The molecular formula is C44H24Cl4F6N8O8. The van der Waals surface area contributed by atoms with Gasteiger partial charge in [0.1, 0.15) is 34.4 Å². The van der Waals surface area contributed by atoms with Crippen LogP contribution in [0.15, 0.2) is 113 Å². The molecular weight excluding hydrogens is 1020 g/mol. The standard InChI is InChI=1S/C44H24Cl4F6N8O8/c45-23-15-28(58-37(48)35(23)63)40(65)60-26-9-10-31(34-32(26)41(66)61(18-56-34)16-20-5-1-3-7-29(20)69-43(49,50)51)68-36-24(46)13-22(14-25(36)47)39(64)59-27-11-12-55-38-33(27)42(67)62(19-57-38)17-21-6-2-4-8-30(21)70-44(52,53)54/h1-15,18-19,63H,16-17H2,(H,60,65)(H,55,59,64). The Hall–Kier alpha value is -7.66. The fourth-order valence-corrected chi connectivity index (χ4v) is 7.79. The van der Waals surface area contributed by atoms with Crippen LogP contribution < -0.4 is 36.0 Å². The lowest BCUT2D eigenvalue weighted by Crippen LogP contribution is -2.24. The second-order valence-electron chi connectivity index (χ2n) is 14.5. The van der Waals surface area contributed by atoms with Crippen LogP contribution >= 0.6 is 46.4 Å². The molecule has 3 N–H and O–H groups in total. The number of pyridine rings is 2. The highest BCUT2D eigenvalue weighted by Crippen LogP contribution is 2.41. The van der Waals surface area contributed by atoms with E-state index in [1.807, 2.05) is 0 Å². The second kappa shape index (κ2) is 19.4. The number of aromatic hydroxyl groups is 1. The Morgan fingerprint density at radius 1 is 0.643 bits per heavy atom. The molecule has 0 saturated heterocycles. The molecule has 0 aliphatic carbocycles. The number of nitrogens with zero attached hydrogens (tertiary/aromatic N) is 6. The monoisotopic (exact) mass is 1050 g/mol. The Morgan fingerprint density at radius 3 is 1.77 bits per heavy atom. The van der Waals surface area contributed by atoms with Crippen molar-refractivity contribution in [1.29, 1.82) is 0 Å². The maximum atomic E-state index is 14.3. The van der Waals surface area contributed by atoms with Crippen molar-refractivity contribution in [2.45, 2.75) is 25.8 Å². The van der Waals surface area contributed by atoms with Gasteiger partial charge in [0.05, 0.1) is 51.2 Å². The Morgan fingerprint density at radius 2 is 1.19 bits per heavy atom. The van der Waals surface area contributed by atoms with E-state index in [2.05, 4.69) is 40.0 Å². The van der Waals surface area contributed by atoms with E-state index in [4.69, 9.17) is 51.1 Å². The Kier molecular flexibility index (Phi) is 13.5. The van der Waals surface area contributed by atoms with E-state index in [9.17, 15) is 50.6 Å². The number of benzene rings is 4. The number of hydrogen-bond acceptors (Lipinski definition) is 12. The molecule has 0 atom stereocenters. The first-order valence-corrected chi connectivity index (χ1v) is 21.0. The number of fused-ring (bicyclic) bond motifs is 2. The van der Waals surface area contributed by atoms with Gasteiger partial charge >= 0.3 is 12.7 Å². The molecule has 0 bridgehead atoms. The minimum Gasteiger partial charge on any atom is -0.504 e. The zero-order chi connectivity index (χ0) is 50.2. The first kappa shape index (κ1) is 48.8. The number of hydrogen-bond donors (Lipinski definition) is 3. The predicted molar refractivity (Wildman–Crippen MR) is 243 cm³/mol. The van der Waals surface area contributed by atoms with Gasteiger partial charge in [-0.05, 0) is 48.5 Å². The van der Waals surface area contributed by atoms with Crippen molar-refractivity contribution in [2.24, 2.45) is 0 Å². The van der Waals surface area contributed by atoms with Gasteiger partial charge in [0.25, 0.3) is 22.9 Å². The van der Waals surface area contributed by atoms with Crippen LogP contribution in [0.1, 0.15) is 32.0 Å². The summed E-state index contributed by atoms with van der Waals surface area (Å²) in [6, 6.07) is 17.3. The van der Waals surface area contributed by atoms with E-state index in [0.717, 1.165) is 52.1 Å². The summed E-state index contributed by atoms with van der Waals surface area (Å²) in [6.45, 7) is -0.909. The van der Waals surface area contributed by atoms with Crippen LogP contribution in [0.4, 0.5) is 37.7 Å². The van der Waals surface area contributed by atoms with Crippen LogP contribution in [-0.4, -0.2) is 58.7 Å². The third kappa shape index (κ3) is 10.6. The van der Waals surface area contributed by atoms with Crippen molar-refractivity contribution in [3.05, 3.63) is 167 Å². The van der Waals surface area contributed by atoms with E-state index in [1.54, 1.807) is 0 Å². The molecule has 0 fully saturated rings. The number of amides is 2. The summed E-state index contributed by atoms with van der Waals surface area (Å²) < 4.78 is 95.4. The van der Waals surface area contributed by atoms with Gasteiger partial charge in [-0.1, -0.05) is 82.8 Å². The number of halogens is 10. The largest absolute Gasteiger partial charge is 0.573 e. The van der Waals surface area contributed by atoms with Gasteiger partial charge in [-0.25, -0.2) is 19.9 Å². The molecule has 0 aliphatic rings. The average Bonchev–Trinajstić information content (AvgIpc) is 3.29. The first-order valence-electron chi connectivity index (χ1n) is 19.5. The minimum absolute atomic E-state index is 0.00702. The quantitative estimate of drug-likeness (QED) is 0.0773. The normalized spacial score (nSPS) is 11.7. The van der Waals surface area contributed by atoms with Crippen molar-refractivity contribution in [2.75, 3.05) is 10.6 Å². The maximum Gasteiger partial charge on any atom is 0.573 e. The summed E-state index contributed by atoms with van der Waals surface area (Å²) in [7, 11) is 0. The van der Waals surface area contributed by atoms with Crippen LogP contribution in [0.25, 0.3) is 21.9 Å². The third-order valence-corrected chi connectivity index (χ3v) is 11.0. The molecule has 26 heteroatoms. The highest BCUT2D eigenvalue weighted by Gasteiger charge is 2.33. The number of carbonyl (C=O) groups is 2. The van der Waals surface area contributed by atoms with E-state index in [-0.39, 0.29) is 76.6 Å². The van der Waals surface area contributed by atoms with E-state index in [1.165, 1.54) is 60.8 Å². The van der Waals surface area contributed by atoms with Gasteiger partial charge < -0.3 is 30.0 Å². The minimum atomic E-state index is -5.07. The van der Waals surface area contributed by atoms with Crippen LogP contribution in [0.3, 0.4) is 0 Å². The fraction of sp³-hybridized carbons (Fsp3) is 0.0909. The number of aromatic nitrogens is 6. The van der Waals surface area contributed by atoms with Gasteiger partial charge in [-0.3, -0.25) is 28.3 Å². The van der Waals surface area contributed by atoms with Crippen molar-refractivity contribution < 1.29 is 55.2 Å². The maximum absolute atomic E-state index is 14.3.